The number of hydrogen-bond acceptors (Lipinski definition) is 2. The number of aromatic nitrogens is 2. The van der Waals surface area contributed by atoms with Crippen molar-refractivity contribution in [3.63, 3.8) is 0 Å². The Morgan fingerprint density at radius 2 is 1.40 bits per heavy atom. The molecule has 1 aromatic carbocycles. The maximum atomic E-state index is 12.9. The van der Waals surface area contributed by atoms with E-state index in [0.29, 0.717) is 11.1 Å². The van der Waals surface area contributed by atoms with Crippen molar-refractivity contribution in [2.45, 2.75) is 0 Å². The molecule has 0 N–H and O–H groups in total. The summed E-state index contributed by atoms with van der Waals surface area (Å²) in [4.78, 5) is 7.45. The third-order valence-electron chi connectivity index (χ3n) is 1.82. The Morgan fingerprint density at radius 1 is 0.867 bits per heavy atom. The molecule has 0 spiro atoms. The van der Waals surface area contributed by atoms with Gasteiger partial charge >= 0.3 is 0 Å². The van der Waals surface area contributed by atoms with Crippen LogP contribution in [0.15, 0.2) is 30.6 Å². The highest BCUT2D eigenvalue weighted by Gasteiger charge is 2.03. The molecule has 1 heterocycles. The minimum absolute atomic E-state index is 0.0932. The normalized spacial score (nSPS) is 10.3. The molecule has 15 heavy (non-hydrogen) atoms. The van der Waals surface area contributed by atoms with Gasteiger partial charge in [0.05, 0.1) is 0 Å². The van der Waals surface area contributed by atoms with Crippen molar-refractivity contribution in [2.75, 3.05) is 0 Å². The maximum Gasteiger partial charge on any atom is 0.222 e. The van der Waals surface area contributed by atoms with Crippen LogP contribution in [0.2, 0.25) is 5.28 Å². The van der Waals surface area contributed by atoms with E-state index in [9.17, 15) is 8.78 Å². The molecule has 0 fully saturated rings. The quantitative estimate of drug-likeness (QED) is 0.699. The molecule has 1 aromatic heterocycles. The van der Waals surface area contributed by atoms with Crippen molar-refractivity contribution in [2.24, 2.45) is 0 Å². The average molecular weight is 227 g/mol. The first kappa shape index (κ1) is 9.98. The summed E-state index contributed by atoms with van der Waals surface area (Å²) in [5.74, 6) is -1.28. The first-order valence-corrected chi connectivity index (χ1v) is 4.47. The molecule has 0 aliphatic heterocycles. The van der Waals surface area contributed by atoms with Gasteiger partial charge in [0.2, 0.25) is 5.28 Å². The van der Waals surface area contributed by atoms with Gasteiger partial charge in [-0.05, 0) is 29.3 Å². The van der Waals surface area contributed by atoms with Gasteiger partial charge in [-0.2, -0.15) is 0 Å². The number of nitrogens with zero attached hydrogens (tertiary/aromatic N) is 2. The molecular formula is C10H5ClF2N2. The molecular weight excluding hydrogens is 222 g/mol. The molecule has 0 saturated carbocycles. The molecule has 0 unspecified atom stereocenters. The van der Waals surface area contributed by atoms with E-state index in [1.165, 1.54) is 24.5 Å². The Kier molecular flexibility index (Phi) is 2.60. The molecule has 0 radical (unpaired) electrons. The Labute approximate surface area is 89.6 Å². The topological polar surface area (TPSA) is 25.8 Å². The molecule has 0 atom stereocenters. The smallest absolute Gasteiger partial charge is 0.222 e. The minimum Gasteiger partial charge on any atom is -0.226 e. The molecule has 0 aliphatic rings. The van der Waals surface area contributed by atoms with Crippen LogP contribution in [0.5, 0.6) is 0 Å². The van der Waals surface area contributed by atoms with E-state index in [1.54, 1.807) is 0 Å². The third kappa shape index (κ3) is 2.27. The van der Waals surface area contributed by atoms with Gasteiger partial charge in [-0.15, -0.1) is 0 Å². The molecule has 0 amide bonds. The van der Waals surface area contributed by atoms with E-state index in [4.69, 9.17) is 11.6 Å². The van der Waals surface area contributed by atoms with Crippen LogP contribution in [0.4, 0.5) is 8.78 Å². The largest absolute Gasteiger partial charge is 0.226 e. The van der Waals surface area contributed by atoms with Crippen LogP contribution in [-0.4, -0.2) is 9.97 Å². The van der Waals surface area contributed by atoms with Crippen molar-refractivity contribution < 1.29 is 8.78 Å². The summed E-state index contributed by atoms with van der Waals surface area (Å²) in [6.45, 7) is 0. The summed E-state index contributed by atoms with van der Waals surface area (Å²) in [5, 5.41) is 0.0932. The SMILES string of the molecule is Fc1cc(F)cc(-c2cnc(Cl)nc2)c1. The highest BCUT2D eigenvalue weighted by atomic mass is 35.5. The first-order chi connectivity index (χ1) is 7.15. The van der Waals surface area contributed by atoms with Crippen molar-refractivity contribution in [3.05, 3.63) is 47.5 Å². The second-order valence-electron chi connectivity index (χ2n) is 2.90. The van der Waals surface area contributed by atoms with Gasteiger partial charge in [-0.3, -0.25) is 0 Å². The van der Waals surface area contributed by atoms with Crippen molar-refractivity contribution >= 4 is 11.6 Å². The van der Waals surface area contributed by atoms with Gasteiger partial charge in [0.25, 0.3) is 0 Å². The summed E-state index contributed by atoms with van der Waals surface area (Å²) < 4.78 is 25.8. The lowest BCUT2D eigenvalue weighted by Crippen LogP contribution is -1.87. The number of halogens is 3. The van der Waals surface area contributed by atoms with Gasteiger partial charge in [-0.25, -0.2) is 18.7 Å². The summed E-state index contributed by atoms with van der Waals surface area (Å²) in [6.07, 6.45) is 2.81. The Morgan fingerprint density at radius 3 is 1.93 bits per heavy atom. The second-order valence-corrected chi connectivity index (χ2v) is 3.24. The van der Waals surface area contributed by atoms with Crippen LogP contribution in [0.1, 0.15) is 0 Å². The highest BCUT2D eigenvalue weighted by Crippen LogP contribution is 2.20. The van der Waals surface area contributed by atoms with Crippen LogP contribution < -0.4 is 0 Å². The fourth-order valence-corrected chi connectivity index (χ4v) is 1.28. The predicted molar refractivity (Wildman–Crippen MR) is 52.4 cm³/mol. The molecule has 2 nitrogen and oxygen atoms in total. The van der Waals surface area contributed by atoms with Crippen LogP contribution in [-0.2, 0) is 0 Å². The van der Waals surface area contributed by atoms with Crippen LogP contribution in [0, 0.1) is 11.6 Å². The number of rotatable bonds is 1. The molecule has 76 valence electrons. The lowest BCUT2D eigenvalue weighted by atomic mass is 10.1. The van der Waals surface area contributed by atoms with Crippen molar-refractivity contribution in [3.8, 4) is 11.1 Å². The number of benzene rings is 1. The summed E-state index contributed by atoms with van der Waals surface area (Å²) in [5.41, 5.74) is 0.891. The average Bonchev–Trinajstić information content (AvgIpc) is 2.17. The van der Waals surface area contributed by atoms with Gasteiger partial charge in [0.15, 0.2) is 0 Å². The fraction of sp³-hybridized carbons (Fsp3) is 0. The zero-order valence-electron chi connectivity index (χ0n) is 7.42. The van der Waals surface area contributed by atoms with E-state index in [2.05, 4.69) is 9.97 Å². The summed E-state index contributed by atoms with van der Waals surface area (Å²) >= 11 is 5.49. The lowest BCUT2D eigenvalue weighted by Gasteiger charge is -2.01. The summed E-state index contributed by atoms with van der Waals surface area (Å²) in [6, 6.07) is 3.21. The molecule has 2 rings (SSSR count). The third-order valence-corrected chi connectivity index (χ3v) is 2.01. The van der Waals surface area contributed by atoms with Crippen LogP contribution >= 0.6 is 11.6 Å². The van der Waals surface area contributed by atoms with E-state index < -0.39 is 11.6 Å². The molecule has 2 aromatic rings. The Bertz CT molecular complexity index is 465. The Balaban J connectivity index is 2.49. The zero-order chi connectivity index (χ0) is 10.8. The highest BCUT2D eigenvalue weighted by molar-refractivity contribution is 6.28. The predicted octanol–water partition coefficient (Wildman–Crippen LogP) is 3.08. The second kappa shape index (κ2) is 3.90. The minimum atomic E-state index is -0.639. The molecule has 5 heteroatoms. The van der Waals surface area contributed by atoms with Crippen molar-refractivity contribution in [1.82, 2.24) is 9.97 Å². The fourth-order valence-electron chi connectivity index (χ4n) is 1.18. The standard InChI is InChI=1S/C10H5ClF2N2/c11-10-14-4-7(5-15-10)6-1-8(12)3-9(13)2-6/h1-5H. The molecule has 0 saturated heterocycles. The number of hydrogen-bond donors (Lipinski definition) is 0. The van der Waals surface area contributed by atoms with E-state index in [-0.39, 0.29) is 5.28 Å². The van der Waals surface area contributed by atoms with E-state index in [1.807, 2.05) is 0 Å². The van der Waals surface area contributed by atoms with Crippen molar-refractivity contribution in [1.29, 1.82) is 0 Å². The Hall–Kier alpha value is -1.55. The monoisotopic (exact) mass is 226 g/mol. The van der Waals surface area contributed by atoms with Crippen LogP contribution in [0.25, 0.3) is 11.1 Å². The van der Waals surface area contributed by atoms with E-state index in [0.717, 1.165) is 6.07 Å². The van der Waals surface area contributed by atoms with Gasteiger partial charge in [0.1, 0.15) is 11.6 Å². The van der Waals surface area contributed by atoms with Crippen LogP contribution in [0.3, 0.4) is 0 Å². The zero-order valence-corrected chi connectivity index (χ0v) is 8.17. The maximum absolute atomic E-state index is 12.9. The van der Waals surface area contributed by atoms with Gasteiger partial charge in [-0.1, -0.05) is 0 Å². The van der Waals surface area contributed by atoms with Gasteiger partial charge in [0, 0.05) is 24.0 Å². The lowest BCUT2D eigenvalue weighted by molar-refractivity contribution is 0.584. The summed E-state index contributed by atoms with van der Waals surface area (Å²) in [7, 11) is 0. The van der Waals surface area contributed by atoms with E-state index >= 15 is 0 Å². The first-order valence-electron chi connectivity index (χ1n) is 4.09. The molecule has 0 bridgehead atoms. The molecule has 0 aliphatic carbocycles. The van der Waals surface area contributed by atoms with Gasteiger partial charge < -0.3 is 0 Å².